The van der Waals surface area contributed by atoms with Gasteiger partial charge in [-0.1, -0.05) is 43.2 Å². The molecule has 5 rings (SSSR count). The van der Waals surface area contributed by atoms with Crippen molar-refractivity contribution in [3.05, 3.63) is 58.8 Å². The Balaban J connectivity index is 1.53. The van der Waals surface area contributed by atoms with E-state index in [-0.39, 0.29) is 17.9 Å². The molecule has 2 aromatic rings. The van der Waals surface area contributed by atoms with Crippen LogP contribution in [0.2, 0.25) is 0 Å². The lowest BCUT2D eigenvalue weighted by molar-refractivity contribution is -0.132. The van der Waals surface area contributed by atoms with Gasteiger partial charge in [0.2, 0.25) is 5.91 Å². The number of benzene rings is 1. The second-order valence-electron chi connectivity index (χ2n) is 9.70. The summed E-state index contributed by atoms with van der Waals surface area (Å²) in [6.07, 6.45) is 5.41. The fraction of sp³-hybridized carbons (Fsp3) is 0.444. The number of carbonyl (C=O) groups is 2. The number of amides is 2. The molecule has 33 heavy (non-hydrogen) atoms. The number of rotatable bonds is 4. The zero-order valence-corrected chi connectivity index (χ0v) is 19.8. The van der Waals surface area contributed by atoms with E-state index in [2.05, 4.69) is 18.2 Å². The minimum Gasteiger partial charge on any atom is -0.362 e. The maximum Gasteiger partial charge on any atom is 0.259 e. The van der Waals surface area contributed by atoms with E-state index in [1.54, 1.807) is 0 Å². The molecule has 3 heterocycles. The molecule has 1 aromatic heterocycles. The van der Waals surface area contributed by atoms with Crippen LogP contribution in [-0.4, -0.2) is 48.4 Å². The monoisotopic (exact) mass is 444 g/mol. The van der Waals surface area contributed by atoms with Crippen molar-refractivity contribution in [2.75, 3.05) is 30.4 Å². The molecule has 0 radical (unpaired) electrons. The van der Waals surface area contributed by atoms with Crippen molar-refractivity contribution in [1.29, 1.82) is 0 Å². The number of aryl methyl sites for hydroxylation is 1. The van der Waals surface area contributed by atoms with E-state index in [4.69, 9.17) is 4.98 Å². The minimum absolute atomic E-state index is 0.0618. The predicted molar refractivity (Wildman–Crippen MR) is 131 cm³/mol. The highest BCUT2D eigenvalue weighted by Gasteiger charge is 2.42. The number of piperidine rings is 1. The summed E-state index contributed by atoms with van der Waals surface area (Å²) in [4.78, 5) is 37.8. The second-order valence-corrected chi connectivity index (χ2v) is 9.70. The number of nitrogens with zero attached hydrogens (tertiary/aromatic N) is 4. The lowest BCUT2D eigenvalue weighted by Gasteiger charge is -2.29. The summed E-state index contributed by atoms with van der Waals surface area (Å²) >= 11 is 0. The SMILES string of the molecule is Cc1cc2c(c(N(C)C)n1)/C(=C1\CCN(Cc3ccccc3)C(=O)C1)C(=O)N2C1CCCC1. The van der Waals surface area contributed by atoms with Crippen molar-refractivity contribution in [2.45, 2.75) is 58.0 Å². The smallest absolute Gasteiger partial charge is 0.259 e. The normalized spacial score (nSPS) is 21.2. The van der Waals surface area contributed by atoms with E-state index < -0.39 is 0 Å². The lowest BCUT2D eigenvalue weighted by Crippen LogP contribution is -2.38. The van der Waals surface area contributed by atoms with Crippen molar-refractivity contribution < 1.29 is 9.59 Å². The summed E-state index contributed by atoms with van der Waals surface area (Å²) in [5.74, 6) is 0.972. The molecule has 0 atom stereocenters. The van der Waals surface area contributed by atoms with Crippen LogP contribution in [0.4, 0.5) is 11.5 Å². The van der Waals surface area contributed by atoms with Gasteiger partial charge in [-0.25, -0.2) is 4.98 Å². The highest BCUT2D eigenvalue weighted by molar-refractivity contribution is 6.35. The van der Waals surface area contributed by atoms with Crippen LogP contribution in [-0.2, 0) is 16.1 Å². The van der Waals surface area contributed by atoms with Crippen LogP contribution in [0.15, 0.2) is 42.0 Å². The highest BCUT2D eigenvalue weighted by atomic mass is 16.2. The van der Waals surface area contributed by atoms with E-state index in [9.17, 15) is 9.59 Å². The van der Waals surface area contributed by atoms with Crippen LogP contribution in [0.3, 0.4) is 0 Å². The molecule has 0 N–H and O–H groups in total. The predicted octanol–water partition coefficient (Wildman–Crippen LogP) is 4.32. The largest absolute Gasteiger partial charge is 0.362 e. The first kappa shape index (κ1) is 21.7. The standard InChI is InChI=1S/C27H32N4O2/c1-18-15-22-25(26(28-18)29(2)3)24(27(33)31(22)21-11-7-8-12-21)20-13-14-30(23(32)16-20)17-19-9-5-4-6-10-19/h4-6,9-10,15,21H,7-8,11-14,16-17H2,1-3H3/b24-20-. The summed E-state index contributed by atoms with van der Waals surface area (Å²) in [5, 5.41) is 0. The molecule has 2 aliphatic heterocycles. The third-order valence-corrected chi connectivity index (χ3v) is 7.13. The molecule has 3 aliphatic rings. The van der Waals surface area contributed by atoms with Crippen LogP contribution >= 0.6 is 0 Å². The van der Waals surface area contributed by atoms with Crippen LogP contribution in [0.5, 0.6) is 0 Å². The first-order valence-corrected chi connectivity index (χ1v) is 12.0. The van der Waals surface area contributed by atoms with Crippen LogP contribution in [0, 0.1) is 6.92 Å². The number of pyridine rings is 1. The third kappa shape index (κ3) is 3.92. The molecule has 0 bridgehead atoms. The summed E-state index contributed by atoms with van der Waals surface area (Å²) in [6.45, 7) is 3.24. The summed E-state index contributed by atoms with van der Waals surface area (Å²) in [5.41, 5.74) is 5.62. The number of aromatic nitrogens is 1. The van der Waals surface area contributed by atoms with Gasteiger partial charge in [-0.3, -0.25) is 9.59 Å². The number of fused-ring (bicyclic) bond motifs is 1. The first-order valence-electron chi connectivity index (χ1n) is 12.0. The van der Waals surface area contributed by atoms with Gasteiger partial charge in [0.15, 0.2) is 0 Å². The lowest BCUT2D eigenvalue weighted by atomic mass is 9.93. The number of hydrogen-bond donors (Lipinski definition) is 0. The van der Waals surface area contributed by atoms with Crippen molar-refractivity contribution in [2.24, 2.45) is 0 Å². The molecule has 1 saturated heterocycles. The van der Waals surface area contributed by atoms with E-state index in [1.807, 2.05) is 53.9 Å². The van der Waals surface area contributed by atoms with Gasteiger partial charge in [0.05, 0.1) is 16.8 Å². The minimum atomic E-state index is 0.0618. The highest BCUT2D eigenvalue weighted by Crippen LogP contribution is 2.47. The number of likely N-dealkylation sites (tertiary alicyclic amines) is 1. The Morgan fingerprint density at radius 2 is 1.82 bits per heavy atom. The molecular weight excluding hydrogens is 412 g/mol. The van der Waals surface area contributed by atoms with Gasteiger partial charge in [-0.05, 0) is 43.4 Å². The first-order chi connectivity index (χ1) is 15.9. The quantitative estimate of drug-likeness (QED) is 0.659. The molecule has 1 aliphatic carbocycles. The van der Waals surface area contributed by atoms with Gasteiger partial charge < -0.3 is 14.7 Å². The molecule has 6 heteroatoms. The molecular formula is C27H32N4O2. The maximum atomic E-state index is 13.9. The molecule has 6 nitrogen and oxygen atoms in total. The maximum absolute atomic E-state index is 13.9. The van der Waals surface area contributed by atoms with E-state index in [0.717, 1.165) is 71.6 Å². The molecule has 0 spiro atoms. The van der Waals surface area contributed by atoms with E-state index in [1.165, 1.54) is 0 Å². The molecule has 1 saturated carbocycles. The Morgan fingerprint density at radius 1 is 1.09 bits per heavy atom. The summed E-state index contributed by atoms with van der Waals surface area (Å²) in [7, 11) is 3.95. The van der Waals surface area contributed by atoms with Crippen molar-refractivity contribution >= 4 is 28.9 Å². The number of carbonyl (C=O) groups excluding carboxylic acids is 2. The average Bonchev–Trinajstić information content (AvgIpc) is 3.41. The Labute approximate surface area is 195 Å². The van der Waals surface area contributed by atoms with Crippen molar-refractivity contribution in [3.63, 3.8) is 0 Å². The Hall–Kier alpha value is -3.15. The van der Waals surface area contributed by atoms with Gasteiger partial charge in [-0.15, -0.1) is 0 Å². The van der Waals surface area contributed by atoms with Gasteiger partial charge in [0.1, 0.15) is 5.82 Å². The topological polar surface area (TPSA) is 56.8 Å². The Morgan fingerprint density at radius 3 is 2.48 bits per heavy atom. The average molecular weight is 445 g/mol. The Bertz CT molecular complexity index is 1120. The van der Waals surface area contributed by atoms with E-state index >= 15 is 0 Å². The Kier molecular flexibility index (Phi) is 5.69. The number of hydrogen-bond acceptors (Lipinski definition) is 4. The molecule has 172 valence electrons. The van der Waals surface area contributed by atoms with Crippen LogP contribution in [0.1, 0.15) is 55.3 Å². The molecule has 0 unspecified atom stereocenters. The van der Waals surface area contributed by atoms with Gasteiger partial charge in [-0.2, -0.15) is 0 Å². The zero-order chi connectivity index (χ0) is 23.1. The van der Waals surface area contributed by atoms with Crippen LogP contribution in [0.25, 0.3) is 5.57 Å². The second kappa shape index (κ2) is 8.65. The van der Waals surface area contributed by atoms with E-state index in [0.29, 0.717) is 19.5 Å². The van der Waals surface area contributed by atoms with Crippen molar-refractivity contribution in [1.82, 2.24) is 9.88 Å². The number of anilines is 2. The van der Waals surface area contributed by atoms with Crippen molar-refractivity contribution in [3.8, 4) is 0 Å². The van der Waals surface area contributed by atoms with Gasteiger partial charge in [0, 0.05) is 45.3 Å². The summed E-state index contributed by atoms with van der Waals surface area (Å²) in [6, 6.07) is 12.4. The fourth-order valence-corrected chi connectivity index (χ4v) is 5.54. The van der Waals surface area contributed by atoms with Gasteiger partial charge in [0.25, 0.3) is 5.91 Å². The molecule has 1 aromatic carbocycles. The zero-order valence-electron chi connectivity index (χ0n) is 19.8. The third-order valence-electron chi connectivity index (χ3n) is 7.13. The molecule has 2 fully saturated rings. The fourth-order valence-electron chi connectivity index (χ4n) is 5.54. The van der Waals surface area contributed by atoms with Gasteiger partial charge >= 0.3 is 0 Å². The summed E-state index contributed by atoms with van der Waals surface area (Å²) < 4.78 is 0. The molecule has 2 amide bonds. The van der Waals surface area contributed by atoms with Crippen LogP contribution < -0.4 is 9.80 Å².